The van der Waals surface area contributed by atoms with Crippen molar-refractivity contribution < 1.29 is 14.3 Å². The smallest absolute Gasteiger partial charge is 0.192 e. The van der Waals surface area contributed by atoms with Crippen LogP contribution >= 0.6 is 0 Å². The number of Topliss-reactive ketones (excluding diaryl/α,β-unsaturated/α-hetero) is 1. The van der Waals surface area contributed by atoms with E-state index in [0.717, 1.165) is 25.7 Å². The molecule has 22 heavy (non-hydrogen) atoms. The summed E-state index contributed by atoms with van der Waals surface area (Å²) in [6.45, 7) is 15.3. The quantitative estimate of drug-likeness (QED) is 0.410. The molecule has 0 aliphatic heterocycles. The Morgan fingerprint density at radius 3 is 2.50 bits per heavy atom. The molecule has 0 saturated heterocycles. The van der Waals surface area contributed by atoms with Crippen molar-refractivity contribution in [2.75, 3.05) is 6.61 Å². The average Bonchev–Trinajstić information content (AvgIpc) is 2.65. The first-order chi connectivity index (χ1) is 10.1. The van der Waals surface area contributed by atoms with Crippen LogP contribution in [0.15, 0.2) is 12.7 Å². The molecule has 0 heterocycles. The predicted molar refractivity (Wildman–Crippen MR) is 94.4 cm³/mol. The van der Waals surface area contributed by atoms with Crippen molar-refractivity contribution in [3.63, 3.8) is 0 Å². The lowest BCUT2D eigenvalue weighted by Crippen LogP contribution is -2.45. The maximum absolute atomic E-state index is 12.4. The van der Waals surface area contributed by atoms with E-state index in [2.05, 4.69) is 40.4 Å². The van der Waals surface area contributed by atoms with Gasteiger partial charge in [-0.2, -0.15) is 0 Å². The molecule has 1 rings (SSSR count). The van der Waals surface area contributed by atoms with Gasteiger partial charge < -0.3 is 9.53 Å². The first-order valence-corrected chi connectivity index (χ1v) is 11.5. The lowest BCUT2D eigenvalue weighted by molar-refractivity contribution is -0.121. The van der Waals surface area contributed by atoms with Crippen LogP contribution in [-0.2, 0) is 9.22 Å². The number of ketones is 1. The molecule has 0 bridgehead atoms. The van der Waals surface area contributed by atoms with E-state index in [1.165, 1.54) is 0 Å². The minimum absolute atomic E-state index is 0.0468. The second-order valence-corrected chi connectivity index (χ2v) is 12.9. The number of allylic oxidation sites excluding steroid dienone is 1. The number of aliphatic hydroxyl groups is 1. The third-order valence-electron chi connectivity index (χ3n) is 5.42. The van der Waals surface area contributed by atoms with E-state index in [1.807, 2.05) is 6.08 Å². The first kappa shape index (κ1) is 19.6. The Kier molecular flexibility index (Phi) is 7.03. The molecular weight excluding hydrogens is 292 g/mol. The molecule has 1 N–H and O–H groups in total. The van der Waals surface area contributed by atoms with Crippen LogP contribution in [0.5, 0.6) is 0 Å². The van der Waals surface area contributed by atoms with Crippen molar-refractivity contribution >= 4 is 14.1 Å². The predicted octanol–water partition coefficient (Wildman–Crippen LogP) is 4.32. The van der Waals surface area contributed by atoms with Crippen LogP contribution in [0.25, 0.3) is 0 Å². The highest BCUT2D eigenvalue weighted by molar-refractivity contribution is 6.74. The standard InChI is InChI=1S/C18H34O3Si/c1-7-10-15-14(11-8-9-12-19)16(20)13-17(15)21-22(5,6)18(2,3)4/h7,14-15,17,19H,1,8-13H2,2-6H3. The zero-order valence-electron chi connectivity index (χ0n) is 15.0. The molecule has 1 aliphatic carbocycles. The van der Waals surface area contributed by atoms with Gasteiger partial charge in [-0.1, -0.05) is 33.3 Å². The second kappa shape index (κ2) is 7.89. The molecule has 0 aromatic rings. The molecule has 4 heteroatoms. The normalized spacial score (nSPS) is 26.5. The monoisotopic (exact) mass is 326 g/mol. The molecule has 0 spiro atoms. The van der Waals surface area contributed by atoms with Gasteiger partial charge in [0.15, 0.2) is 8.32 Å². The van der Waals surface area contributed by atoms with Crippen LogP contribution in [0, 0.1) is 11.8 Å². The van der Waals surface area contributed by atoms with Crippen LogP contribution in [0.1, 0.15) is 52.9 Å². The maximum Gasteiger partial charge on any atom is 0.192 e. The lowest BCUT2D eigenvalue weighted by Gasteiger charge is -2.40. The van der Waals surface area contributed by atoms with Crippen molar-refractivity contribution in [1.82, 2.24) is 0 Å². The number of carbonyl (C=O) groups is 1. The number of hydrogen-bond donors (Lipinski definition) is 1. The van der Waals surface area contributed by atoms with Crippen LogP contribution in [0.2, 0.25) is 18.1 Å². The largest absolute Gasteiger partial charge is 0.413 e. The first-order valence-electron chi connectivity index (χ1n) is 8.56. The molecule has 128 valence electrons. The molecule has 3 atom stereocenters. The van der Waals surface area contributed by atoms with Crippen molar-refractivity contribution in [2.45, 2.75) is 77.1 Å². The van der Waals surface area contributed by atoms with Crippen LogP contribution in [-0.4, -0.2) is 31.9 Å². The number of unbranched alkanes of at least 4 members (excludes halogenated alkanes) is 1. The molecule has 3 nitrogen and oxygen atoms in total. The number of hydrogen-bond acceptors (Lipinski definition) is 3. The zero-order chi connectivity index (χ0) is 17.0. The summed E-state index contributed by atoms with van der Waals surface area (Å²) in [5, 5.41) is 9.11. The van der Waals surface area contributed by atoms with Gasteiger partial charge in [0.05, 0.1) is 6.10 Å². The Hall–Kier alpha value is -0.453. The zero-order valence-corrected chi connectivity index (χ0v) is 16.0. The van der Waals surface area contributed by atoms with E-state index in [1.54, 1.807) is 0 Å². The fourth-order valence-electron chi connectivity index (χ4n) is 3.04. The van der Waals surface area contributed by atoms with E-state index in [0.29, 0.717) is 12.2 Å². The highest BCUT2D eigenvalue weighted by Crippen LogP contribution is 2.43. The van der Waals surface area contributed by atoms with Crippen molar-refractivity contribution in [2.24, 2.45) is 11.8 Å². The van der Waals surface area contributed by atoms with Crippen LogP contribution in [0.4, 0.5) is 0 Å². The van der Waals surface area contributed by atoms with E-state index in [9.17, 15) is 4.79 Å². The molecule has 1 fully saturated rings. The Morgan fingerprint density at radius 2 is 2.00 bits per heavy atom. The fourth-order valence-corrected chi connectivity index (χ4v) is 4.41. The highest BCUT2D eigenvalue weighted by atomic mass is 28.4. The van der Waals surface area contributed by atoms with Crippen molar-refractivity contribution in [3.8, 4) is 0 Å². The third kappa shape index (κ3) is 4.77. The number of rotatable bonds is 8. The van der Waals surface area contributed by atoms with Crippen molar-refractivity contribution in [3.05, 3.63) is 12.7 Å². The molecule has 1 saturated carbocycles. The van der Waals surface area contributed by atoms with Crippen LogP contribution in [0.3, 0.4) is 0 Å². The van der Waals surface area contributed by atoms with Crippen molar-refractivity contribution in [1.29, 1.82) is 0 Å². The van der Waals surface area contributed by atoms with Gasteiger partial charge in [0.1, 0.15) is 5.78 Å². The SMILES string of the molecule is C=CCC1C(O[Si](C)(C)C(C)(C)C)CC(=O)C1CCCCO. The summed E-state index contributed by atoms with van der Waals surface area (Å²) in [6.07, 6.45) is 5.92. The van der Waals surface area contributed by atoms with E-state index in [-0.39, 0.29) is 29.6 Å². The molecule has 0 amide bonds. The summed E-state index contributed by atoms with van der Waals surface area (Å²) in [7, 11) is -1.86. The van der Waals surface area contributed by atoms with E-state index >= 15 is 0 Å². The maximum atomic E-state index is 12.4. The molecular formula is C18H34O3Si. The summed E-state index contributed by atoms with van der Waals surface area (Å²) >= 11 is 0. The van der Waals surface area contributed by atoms with Gasteiger partial charge in [-0.25, -0.2) is 0 Å². The van der Waals surface area contributed by atoms with E-state index < -0.39 is 8.32 Å². The number of aliphatic hydroxyl groups excluding tert-OH is 1. The Morgan fingerprint density at radius 1 is 1.36 bits per heavy atom. The minimum atomic E-state index is -1.86. The summed E-state index contributed by atoms with van der Waals surface area (Å²) in [5.74, 6) is 0.686. The Labute approximate surface area is 137 Å². The summed E-state index contributed by atoms with van der Waals surface area (Å²) < 4.78 is 6.56. The molecule has 3 unspecified atom stereocenters. The van der Waals surface area contributed by atoms with Gasteiger partial charge in [-0.15, -0.1) is 6.58 Å². The Balaban J connectivity index is 2.82. The molecule has 1 aliphatic rings. The third-order valence-corrected chi connectivity index (χ3v) is 9.93. The summed E-state index contributed by atoms with van der Waals surface area (Å²) in [6, 6.07) is 0. The van der Waals surface area contributed by atoms with Gasteiger partial charge in [0, 0.05) is 18.9 Å². The number of carbonyl (C=O) groups excluding carboxylic acids is 1. The molecule has 0 radical (unpaired) electrons. The topological polar surface area (TPSA) is 46.5 Å². The highest BCUT2D eigenvalue weighted by Gasteiger charge is 2.47. The molecule has 0 aromatic carbocycles. The van der Waals surface area contributed by atoms with Gasteiger partial charge in [-0.05, 0) is 43.3 Å². The van der Waals surface area contributed by atoms with Gasteiger partial charge in [0.2, 0.25) is 0 Å². The van der Waals surface area contributed by atoms with E-state index in [4.69, 9.17) is 9.53 Å². The summed E-state index contributed by atoms with van der Waals surface area (Å²) in [5.41, 5.74) is 0. The van der Waals surface area contributed by atoms with Crippen LogP contribution < -0.4 is 0 Å². The van der Waals surface area contributed by atoms with Gasteiger partial charge >= 0.3 is 0 Å². The van der Waals surface area contributed by atoms with Gasteiger partial charge in [0.25, 0.3) is 0 Å². The second-order valence-electron chi connectivity index (χ2n) is 8.10. The van der Waals surface area contributed by atoms with Gasteiger partial charge in [-0.3, -0.25) is 4.79 Å². The fraction of sp³-hybridized carbons (Fsp3) is 0.833. The summed E-state index contributed by atoms with van der Waals surface area (Å²) in [4.78, 5) is 12.4. The minimum Gasteiger partial charge on any atom is -0.413 e. The molecule has 0 aromatic heterocycles. The lowest BCUT2D eigenvalue weighted by atomic mass is 9.87. The average molecular weight is 327 g/mol. The Bertz CT molecular complexity index is 384.